The Hall–Kier alpha value is -1.35. The first-order valence-corrected chi connectivity index (χ1v) is 9.27. The van der Waals surface area contributed by atoms with Gasteiger partial charge in [0.25, 0.3) is 0 Å². The van der Waals surface area contributed by atoms with Crippen molar-refractivity contribution < 1.29 is 0 Å². The molecule has 136 valence electrons. The normalized spacial score (nSPS) is 16.5. The molecule has 0 aliphatic carbocycles. The summed E-state index contributed by atoms with van der Waals surface area (Å²) in [4.78, 5) is 13.5. The van der Waals surface area contributed by atoms with Crippen molar-refractivity contribution in [1.82, 2.24) is 9.88 Å². The minimum Gasteiger partial charge on any atom is -0.370 e. The molecule has 5 nitrogen and oxygen atoms in total. The van der Waals surface area contributed by atoms with E-state index in [1.54, 1.807) is 11.3 Å². The van der Waals surface area contributed by atoms with Gasteiger partial charge < -0.3 is 15.5 Å². The van der Waals surface area contributed by atoms with E-state index in [0.29, 0.717) is 11.9 Å². The van der Waals surface area contributed by atoms with Crippen molar-refractivity contribution in [1.29, 1.82) is 0 Å². The average Bonchev–Trinajstić information content (AvgIpc) is 3.15. The molecule has 1 aliphatic rings. The number of piperazine rings is 1. The summed E-state index contributed by atoms with van der Waals surface area (Å²) in [5.41, 5.74) is 8.80. The Bertz CT molecular complexity index is 663. The summed E-state index contributed by atoms with van der Waals surface area (Å²) in [6, 6.07) is 8.66. The van der Waals surface area contributed by atoms with Crippen molar-refractivity contribution in [2.24, 2.45) is 10.7 Å². The predicted molar refractivity (Wildman–Crippen MR) is 117 cm³/mol. The molecule has 1 aromatic carbocycles. The van der Waals surface area contributed by atoms with E-state index in [2.05, 4.69) is 57.9 Å². The zero-order valence-electron chi connectivity index (χ0n) is 14.8. The number of rotatable bonds is 4. The molecule has 0 saturated carbocycles. The first-order chi connectivity index (χ1) is 11.6. The molecule has 1 atom stereocenters. The van der Waals surface area contributed by atoms with Crippen LogP contribution in [0.25, 0.3) is 0 Å². The number of nitrogens with two attached hydrogens (primary N) is 1. The molecular weight excluding hydrogens is 445 g/mol. The molecule has 0 bridgehead atoms. The largest absolute Gasteiger partial charge is 0.370 e. The van der Waals surface area contributed by atoms with Gasteiger partial charge >= 0.3 is 0 Å². The number of aryl methyl sites for hydroxylation is 1. The van der Waals surface area contributed by atoms with E-state index in [-0.39, 0.29) is 24.0 Å². The highest BCUT2D eigenvalue weighted by Gasteiger charge is 2.19. The average molecular weight is 471 g/mol. The number of hydrogen-bond acceptors (Lipinski definition) is 4. The van der Waals surface area contributed by atoms with E-state index in [0.717, 1.165) is 37.9 Å². The Balaban J connectivity index is 0.00000225. The van der Waals surface area contributed by atoms with E-state index >= 15 is 0 Å². The van der Waals surface area contributed by atoms with Crippen molar-refractivity contribution >= 4 is 46.4 Å². The standard InChI is InChI=1S/C18H25N5S.HI/c1-14-3-5-16(6-4-14)15(2)13-21-17(19)22-8-10-23(11-9-22)18-20-7-12-24-18;/h3-7,12,15H,8-11,13H2,1-2H3,(H2,19,21);1H. The zero-order chi connectivity index (χ0) is 16.9. The third-order valence-corrected chi connectivity index (χ3v) is 5.30. The fraction of sp³-hybridized carbons (Fsp3) is 0.444. The molecule has 25 heavy (non-hydrogen) atoms. The monoisotopic (exact) mass is 471 g/mol. The van der Waals surface area contributed by atoms with Gasteiger partial charge in [-0.2, -0.15) is 0 Å². The summed E-state index contributed by atoms with van der Waals surface area (Å²) >= 11 is 1.69. The van der Waals surface area contributed by atoms with Gasteiger partial charge in [0.2, 0.25) is 0 Å². The van der Waals surface area contributed by atoms with E-state index < -0.39 is 0 Å². The third-order valence-electron chi connectivity index (χ3n) is 4.47. The zero-order valence-corrected chi connectivity index (χ0v) is 17.9. The van der Waals surface area contributed by atoms with Crippen LogP contribution in [0.1, 0.15) is 24.0 Å². The maximum absolute atomic E-state index is 6.21. The molecule has 1 unspecified atom stereocenters. The van der Waals surface area contributed by atoms with E-state index in [9.17, 15) is 0 Å². The molecule has 1 aliphatic heterocycles. The third kappa shape index (κ3) is 5.31. The number of hydrogen-bond donors (Lipinski definition) is 1. The number of halogens is 1. The van der Waals surface area contributed by atoms with Crippen LogP contribution in [-0.2, 0) is 0 Å². The van der Waals surface area contributed by atoms with Crippen LogP contribution in [0, 0.1) is 6.92 Å². The summed E-state index contributed by atoms with van der Waals surface area (Å²) < 4.78 is 0. The molecule has 1 saturated heterocycles. The SMILES string of the molecule is Cc1ccc(C(C)CN=C(N)N2CCN(c3nccs3)CC2)cc1.I. The van der Waals surface area contributed by atoms with Crippen LogP contribution in [0.3, 0.4) is 0 Å². The summed E-state index contributed by atoms with van der Waals surface area (Å²) in [5.74, 6) is 1.04. The van der Waals surface area contributed by atoms with Crippen molar-refractivity contribution in [3.63, 3.8) is 0 Å². The minimum absolute atomic E-state index is 0. The second-order valence-electron chi connectivity index (χ2n) is 6.30. The van der Waals surface area contributed by atoms with Crippen molar-refractivity contribution in [3.05, 3.63) is 47.0 Å². The van der Waals surface area contributed by atoms with Crippen LogP contribution in [0.4, 0.5) is 5.13 Å². The number of aliphatic imine (C=N–C) groups is 1. The summed E-state index contributed by atoms with van der Waals surface area (Å²) in [6.07, 6.45) is 1.86. The van der Waals surface area contributed by atoms with Gasteiger partial charge in [0.15, 0.2) is 11.1 Å². The summed E-state index contributed by atoms with van der Waals surface area (Å²) in [7, 11) is 0. The number of nitrogens with zero attached hydrogens (tertiary/aromatic N) is 4. The summed E-state index contributed by atoms with van der Waals surface area (Å²) in [5, 5.41) is 3.11. The lowest BCUT2D eigenvalue weighted by molar-refractivity contribution is 0.380. The van der Waals surface area contributed by atoms with E-state index in [4.69, 9.17) is 5.73 Å². The highest BCUT2D eigenvalue weighted by atomic mass is 127. The lowest BCUT2D eigenvalue weighted by atomic mass is 10.0. The van der Waals surface area contributed by atoms with E-state index in [1.807, 2.05) is 11.6 Å². The lowest BCUT2D eigenvalue weighted by Gasteiger charge is -2.35. The van der Waals surface area contributed by atoms with Crippen LogP contribution in [0.5, 0.6) is 0 Å². The summed E-state index contributed by atoms with van der Waals surface area (Å²) in [6.45, 7) is 8.70. The number of guanidine groups is 1. The van der Waals surface area contributed by atoms with Gasteiger partial charge in [-0.15, -0.1) is 35.3 Å². The molecule has 0 radical (unpaired) electrons. The van der Waals surface area contributed by atoms with Crippen molar-refractivity contribution in [2.45, 2.75) is 19.8 Å². The molecular formula is C18H26IN5S. The molecule has 3 rings (SSSR count). The fourth-order valence-corrected chi connectivity index (χ4v) is 3.53. The molecule has 0 spiro atoms. The maximum atomic E-state index is 6.21. The lowest BCUT2D eigenvalue weighted by Crippen LogP contribution is -2.51. The second-order valence-corrected chi connectivity index (χ2v) is 7.17. The second kappa shape index (κ2) is 9.38. The highest BCUT2D eigenvalue weighted by molar-refractivity contribution is 14.0. The Kier molecular flexibility index (Phi) is 7.49. The molecule has 1 fully saturated rings. The van der Waals surface area contributed by atoms with Crippen LogP contribution in [0.2, 0.25) is 0 Å². The Morgan fingerprint density at radius 3 is 2.52 bits per heavy atom. The van der Waals surface area contributed by atoms with Crippen molar-refractivity contribution in [2.75, 3.05) is 37.6 Å². The van der Waals surface area contributed by atoms with Crippen LogP contribution >= 0.6 is 35.3 Å². The van der Waals surface area contributed by atoms with Gasteiger partial charge in [0.05, 0.1) is 0 Å². The molecule has 0 amide bonds. The van der Waals surface area contributed by atoms with Gasteiger partial charge in [0.1, 0.15) is 0 Å². The van der Waals surface area contributed by atoms with Gasteiger partial charge in [-0.25, -0.2) is 4.98 Å². The minimum atomic E-state index is 0. The molecule has 7 heteroatoms. The molecule has 1 aromatic heterocycles. The van der Waals surface area contributed by atoms with Gasteiger partial charge in [-0.1, -0.05) is 36.8 Å². The quantitative estimate of drug-likeness (QED) is 0.423. The molecule has 2 heterocycles. The number of thiazole rings is 1. The number of aromatic nitrogens is 1. The van der Waals surface area contributed by atoms with Crippen LogP contribution in [-0.4, -0.2) is 48.6 Å². The first kappa shape index (κ1) is 20.0. The first-order valence-electron chi connectivity index (χ1n) is 8.39. The topological polar surface area (TPSA) is 57.8 Å². The maximum Gasteiger partial charge on any atom is 0.191 e. The number of anilines is 1. The molecule has 2 aromatic rings. The Morgan fingerprint density at radius 2 is 1.92 bits per heavy atom. The van der Waals surface area contributed by atoms with E-state index in [1.165, 1.54) is 11.1 Å². The number of benzene rings is 1. The van der Waals surface area contributed by atoms with Crippen LogP contribution < -0.4 is 10.6 Å². The van der Waals surface area contributed by atoms with Crippen molar-refractivity contribution in [3.8, 4) is 0 Å². The van der Waals surface area contributed by atoms with Gasteiger partial charge in [-0.05, 0) is 12.5 Å². The molecule has 2 N–H and O–H groups in total. The van der Waals surface area contributed by atoms with Crippen LogP contribution in [0.15, 0.2) is 40.8 Å². The van der Waals surface area contributed by atoms with Gasteiger partial charge in [-0.3, -0.25) is 4.99 Å². The predicted octanol–water partition coefficient (Wildman–Crippen LogP) is 3.31. The fourth-order valence-electron chi connectivity index (χ4n) is 2.83. The van der Waals surface area contributed by atoms with Gasteiger partial charge in [0, 0.05) is 50.2 Å². The highest BCUT2D eigenvalue weighted by Crippen LogP contribution is 2.19. The Labute approximate surface area is 171 Å². The smallest absolute Gasteiger partial charge is 0.191 e. The Morgan fingerprint density at radius 1 is 1.24 bits per heavy atom.